The number of nitrogens with zero attached hydrogens (tertiary/aromatic N) is 3. The summed E-state index contributed by atoms with van der Waals surface area (Å²) in [4.78, 5) is 49.7. The molecule has 3 saturated heterocycles. The van der Waals surface area contributed by atoms with Gasteiger partial charge in [-0.15, -0.1) is 13.2 Å². The predicted molar refractivity (Wildman–Crippen MR) is 180 cm³/mol. The second-order valence-electron chi connectivity index (χ2n) is 13.2. The van der Waals surface area contributed by atoms with Crippen LogP contribution in [0.2, 0.25) is 0 Å². The monoisotopic (exact) mass is 627 g/mol. The van der Waals surface area contributed by atoms with Gasteiger partial charge >= 0.3 is 0 Å². The second kappa shape index (κ2) is 13.5. The number of carbonyl (C=O) groups excluding carboxylic acids is 3. The summed E-state index contributed by atoms with van der Waals surface area (Å²) in [5.74, 6) is -2.29. The van der Waals surface area contributed by atoms with Crippen LogP contribution in [0.25, 0.3) is 0 Å². The van der Waals surface area contributed by atoms with Crippen molar-refractivity contribution >= 4 is 23.4 Å². The number of aryl methyl sites for hydroxylation is 2. The van der Waals surface area contributed by atoms with Crippen molar-refractivity contribution in [3.8, 4) is 0 Å². The standard InChI is InChI=1S/C38H49N3O5/c1-7-20-39(21-8-2)34(43)31-32-35(44)41(29(25-42)24-28-14-12-11-13-15-28)33(38(32)19-18-37(31,10-4)46-38)36(45)40(22-9-3)30-23-26(5)16-17-27(30)6/h7,9,11-17,23,29,31-33,42H,1,3,8,10,18-22,24-25H2,2,4-6H3/t29-,31-,32+,33?,37+,38?/m1/s1. The molecule has 3 fully saturated rings. The van der Waals surface area contributed by atoms with E-state index in [1.165, 1.54) is 0 Å². The molecule has 0 aliphatic carbocycles. The summed E-state index contributed by atoms with van der Waals surface area (Å²) in [6.07, 6.45) is 6.11. The first-order valence-corrected chi connectivity index (χ1v) is 16.7. The van der Waals surface area contributed by atoms with Crippen LogP contribution in [0.1, 0.15) is 56.2 Å². The minimum Gasteiger partial charge on any atom is -0.394 e. The Morgan fingerprint density at radius 1 is 1.07 bits per heavy atom. The normalized spacial score (nSPS) is 26.9. The zero-order chi connectivity index (χ0) is 33.2. The zero-order valence-electron chi connectivity index (χ0n) is 27.8. The molecule has 0 radical (unpaired) electrons. The van der Waals surface area contributed by atoms with Crippen molar-refractivity contribution < 1.29 is 24.2 Å². The van der Waals surface area contributed by atoms with Crippen LogP contribution in [0.3, 0.4) is 0 Å². The molecule has 2 bridgehead atoms. The van der Waals surface area contributed by atoms with E-state index in [2.05, 4.69) is 13.2 Å². The Bertz CT molecular complexity index is 1480. The van der Waals surface area contributed by atoms with Gasteiger partial charge in [-0.3, -0.25) is 14.4 Å². The average molecular weight is 628 g/mol. The summed E-state index contributed by atoms with van der Waals surface area (Å²) in [5, 5.41) is 10.9. The third kappa shape index (κ3) is 5.49. The Kier molecular flexibility index (Phi) is 9.89. The summed E-state index contributed by atoms with van der Waals surface area (Å²) < 4.78 is 7.07. The minimum absolute atomic E-state index is 0.127. The number of benzene rings is 2. The smallest absolute Gasteiger partial charge is 0.253 e. The summed E-state index contributed by atoms with van der Waals surface area (Å²) in [7, 11) is 0. The van der Waals surface area contributed by atoms with Gasteiger partial charge in [-0.25, -0.2) is 0 Å². The molecule has 3 amide bonds. The first kappa shape index (κ1) is 33.6. The summed E-state index contributed by atoms with van der Waals surface area (Å²) in [5.41, 5.74) is 1.54. The van der Waals surface area contributed by atoms with Gasteiger partial charge in [0.05, 0.1) is 30.1 Å². The van der Waals surface area contributed by atoms with E-state index in [-0.39, 0.29) is 30.9 Å². The molecule has 5 rings (SSSR count). The third-order valence-corrected chi connectivity index (χ3v) is 10.4. The van der Waals surface area contributed by atoms with Gasteiger partial charge in [0.15, 0.2) is 0 Å². The highest BCUT2D eigenvalue weighted by molar-refractivity contribution is 6.05. The third-order valence-electron chi connectivity index (χ3n) is 10.4. The van der Waals surface area contributed by atoms with E-state index in [1.807, 2.05) is 76.2 Å². The van der Waals surface area contributed by atoms with E-state index < -0.39 is 35.1 Å². The number of fused-ring (bicyclic) bond motifs is 1. The van der Waals surface area contributed by atoms with Gasteiger partial charge in [0, 0.05) is 25.3 Å². The Morgan fingerprint density at radius 3 is 2.41 bits per heavy atom. The molecule has 8 nitrogen and oxygen atoms in total. The lowest BCUT2D eigenvalue weighted by Gasteiger charge is -2.40. The maximum atomic E-state index is 15.2. The van der Waals surface area contributed by atoms with Gasteiger partial charge in [0.2, 0.25) is 11.8 Å². The number of anilines is 1. The van der Waals surface area contributed by atoms with E-state index in [4.69, 9.17) is 4.74 Å². The van der Waals surface area contributed by atoms with Crippen molar-refractivity contribution in [1.82, 2.24) is 9.80 Å². The van der Waals surface area contributed by atoms with E-state index in [1.54, 1.807) is 26.9 Å². The fourth-order valence-electron chi connectivity index (χ4n) is 8.35. The molecule has 6 atom stereocenters. The van der Waals surface area contributed by atoms with E-state index >= 15 is 4.79 Å². The number of ether oxygens (including phenoxy) is 1. The van der Waals surface area contributed by atoms with Crippen LogP contribution in [0, 0.1) is 25.7 Å². The van der Waals surface area contributed by atoms with E-state index in [9.17, 15) is 14.7 Å². The number of hydrogen-bond acceptors (Lipinski definition) is 5. The SMILES string of the molecule is C=CCN(CCC)C(=O)[C@H]1[C@H]2C(=O)N([C@@H](CO)Cc3ccccc3)C(C(=O)N(CC=C)c3cc(C)ccc3C)C23CC[C@]1(CC)O3. The fourth-order valence-corrected chi connectivity index (χ4v) is 8.35. The molecule has 3 aliphatic rings. The van der Waals surface area contributed by atoms with Gasteiger partial charge in [-0.2, -0.15) is 0 Å². The Morgan fingerprint density at radius 2 is 1.78 bits per heavy atom. The molecule has 2 unspecified atom stereocenters. The molecule has 46 heavy (non-hydrogen) atoms. The van der Waals surface area contributed by atoms with Crippen LogP contribution < -0.4 is 4.90 Å². The highest BCUT2D eigenvalue weighted by Gasteiger charge is 2.79. The highest BCUT2D eigenvalue weighted by atomic mass is 16.5. The summed E-state index contributed by atoms with van der Waals surface area (Å²) in [6, 6.07) is 13.9. The van der Waals surface area contributed by atoms with Crippen LogP contribution in [-0.4, -0.2) is 82.2 Å². The lowest BCUT2D eigenvalue weighted by Crippen LogP contribution is -2.59. The van der Waals surface area contributed by atoms with Crippen molar-refractivity contribution in [2.45, 2.75) is 83.1 Å². The molecular weight excluding hydrogens is 578 g/mol. The lowest BCUT2D eigenvalue weighted by molar-refractivity contribution is -0.153. The average Bonchev–Trinajstić information content (AvgIpc) is 3.67. The molecule has 3 aliphatic heterocycles. The Balaban J connectivity index is 1.67. The Hall–Kier alpha value is -3.75. The number of hydrogen-bond donors (Lipinski definition) is 1. The number of amides is 3. The lowest BCUT2D eigenvalue weighted by atomic mass is 9.64. The molecular formula is C38H49N3O5. The molecule has 1 spiro atoms. The van der Waals surface area contributed by atoms with E-state index in [0.717, 1.165) is 28.8 Å². The first-order valence-electron chi connectivity index (χ1n) is 16.7. The van der Waals surface area contributed by atoms with Gasteiger partial charge < -0.3 is 24.5 Å². The van der Waals surface area contributed by atoms with Crippen molar-refractivity contribution in [3.63, 3.8) is 0 Å². The van der Waals surface area contributed by atoms with Crippen LogP contribution >= 0.6 is 0 Å². The van der Waals surface area contributed by atoms with Crippen LogP contribution in [0.15, 0.2) is 73.8 Å². The first-order chi connectivity index (χ1) is 22.1. The minimum atomic E-state index is -1.21. The maximum absolute atomic E-state index is 15.2. The molecule has 0 saturated carbocycles. The molecule has 246 valence electrons. The summed E-state index contributed by atoms with van der Waals surface area (Å²) in [6.45, 7) is 16.6. The molecule has 3 heterocycles. The fraction of sp³-hybridized carbons (Fsp3) is 0.500. The number of carbonyl (C=O) groups is 3. The number of aliphatic hydroxyl groups excluding tert-OH is 1. The predicted octanol–water partition coefficient (Wildman–Crippen LogP) is 5.01. The van der Waals surface area contributed by atoms with Gasteiger partial charge in [-0.05, 0) is 68.7 Å². The number of likely N-dealkylation sites (tertiary alicyclic amines) is 1. The topological polar surface area (TPSA) is 90.4 Å². The van der Waals surface area contributed by atoms with Crippen molar-refractivity contribution in [2.75, 3.05) is 31.1 Å². The van der Waals surface area contributed by atoms with E-state index in [0.29, 0.717) is 38.8 Å². The van der Waals surface area contributed by atoms with Crippen LogP contribution in [0.4, 0.5) is 5.69 Å². The molecule has 8 heteroatoms. The van der Waals surface area contributed by atoms with Gasteiger partial charge in [-0.1, -0.05) is 68.5 Å². The molecule has 2 aromatic carbocycles. The van der Waals surface area contributed by atoms with Gasteiger partial charge in [0.1, 0.15) is 11.6 Å². The van der Waals surface area contributed by atoms with Crippen molar-refractivity contribution in [2.24, 2.45) is 11.8 Å². The summed E-state index contributed by atoms with van der Waals surface area (Å²) >= 11 is 0. The largest absolute Gasteiger partial charge is 0.394 e. The van der Waals surface area contributed by atoms with Crippen LogP contribution in [-0.2, 0) is 25.5 Å². The van der Waals surface area contributed by atoms with Crippen molar-refractivity contribution in [1.29, 1.82) is 0 Å². The highest BCUT2D eigenvalue weighted by Crippen LogP contribution is 2.65. The Labute approximate surface area is 273 Å². The number of rotatable bonds is 14. The second-order valence-corrected chi connectivity index (χ2v) is 13.2. The maximum Gasteiger partial charge on any atom is 0.253 e. The van der Waals surface area contributed by atoms with Crippen LogP contribution in [0.5, 0.6) is 0 Å². The molecule has 2 aromatic rings. The quantitative estimate of drug-likeness (QED) is 0.298. The van der Waals surface area contributed by atoms with Crippen molar-refractivity contribution in [3.05, 3.63) is 90.5 Å². The zero-order valence-corrected chi connectivity index (χ0v) is 27.8. The molecule has 1 N–H and O–H groups in total. The van der Waals surface area contributed by atoms with Gasteiger partial charge in [0.25, 0.3) is 5.91 Å². The molecule has 0 aromatic heterocycles. The number of aliphatic hydroxyl groups is 1.